The zero-order chi connectivity index (χ0) is 12.0. The molecule has 1 aromatic carbocycles. The minimum atomic E-state index is -2.57. The van der Waals surface area contributed by atoms with Crippen LogP contribution in [-0.4, -0.2) is 6.43 Å². The van der Waals surface area contributed by atoms with E-state index >= 15 is 0 Å². The van der Waals surface area contributed by atoms with E-state index in [0.717, 1.165) is 0 Å². The summed E-state index contributed by atoms with van der Waals surface area (Å²) in [5.74, 6) is -0.655. The van der Waals surface area contributed by atoms with Crippen LogP contribution in [0.3, 0.4) is 0 Å². The van der Waals surface area contributed by atoms with Crippen molar-refractivity contribution >= 4 is 5.69 Å². The largest absolute Gasteiger partial charge is 0.398 e. The van der Waals surface area contributed by atoms with Crippen LogP contribution in [0.1, 0.15) is 25.0 Å². The van der Waals surface area contributed by atoms with Crippen molar-refractivity contribution in [3.8, 4) is 0 Å². The zero-order valence-corrected chi connectivity index (χ0v) is 9.15. The van der Waals surface area contributed by atoms with E-state index in [2.05, 4.69) is 0 Å². The Hall–Kier alpha value is -1.19. The van der Waals surface area contributed by atoms with Crippen LogP contribution in [0.25, 0.3) is 0 Å². The number of benzene rings is 1. The Balaban J connectivity index is 0.000000921. The Morgan fingerprint density at radius 1 is 1.27 bits per heavy atom. The SMILES string of the molecule is CC.Cc1cc(N)c(CC(F)F)c(F)c1. The van der Waals surface area contributed by atoms with Crippen LogP contribution in [0.4, 0.5) is 18.9 Å². The number of nitrogens with two attached hydrogens (primary N) is 1. The van der Waals surface area contributed by atoms with Crippen molar-refractivity contribution in [1.29, 1.82) is 0 Å². The molecule has 86 valence electrons. The second-order valence-corrected chi connectivity index (χ2v) is 2.91. The van der Waals surface area contributed by atoms with Crippen molar-refractivity contribution in [2.24, 2.45) is 0 Å². The second kappa shape index (κ2) is 6.32. The van der Waals surface area contributed by atoms with Crippen LogP contribution in [-0.2, 0) is 6.42 Å². The molecule has 0 saturated heterocycles. The maximum atomic E-state index is 13.1. The molecule has 0 aliphatic heterocycles. The van der Waals surface area contributed by atoms with Crippen LogP contribution in [0.5, 0.6) is 0 Å². The number of rotatable bonds is 2. The molecule has 0 bridgehead atoms. The summed E-state index contributed by atoms with van der Waals surface area (Å²) in [4.78, 5) is 0. The fraction of sp³-hybridized carbons (Fsp3) is 0.455. The summed E-state index contributed by atoms with van der Waals surface area (Å²) in [5.41, 5.74) is 6.03. The monoisotopic (exact) mass is 219 g/mol. The molecule has 0 amide bonds. The summed E-state index contributed by atoms with van der Waals surface area (Å²) in [6.07, 6.45) is -3.20. The maximum absolute atomic E-state index is 13.1. The van der Waals surface area contributed by atoms with Crippen LogP contribution >= 0.6 is 0 Å². The number of anilines is 1. The number of aryl methyl sites for hydroxylation is 1. The molecule has 0 saturated carbocycles. The molecule has 1 nitrogen and oxygen atoms in total. The number of halogens is 3. The first-order valence-corrected chi connectivity index (χ1v) is 4.83. The van der Waals surface area contributed by atoms with Crippen LogP contribution in [0, 0.1) is 12.7 Å². The van der Waals surface area contributed by atoms with Crippen molar-refractivity contribution in [3.63, 3.8) is 0 Å². The first-order valence-electron chi connectivity index (χ1n) is 4.83. The maximum Gasteiger partial charge on any atom is 0.242 e. The molecule has 0 aromatic heterocycles. The van der Waals surface area contributed by atoms with Gasteiger partial charge in [0.1, 0.15) is 5.82 Å². The van der Waals surface area contributed by atoms with E-state index in [4.69, 9.17) is 5.73 Å². The van der Waals surface area contributed by atoms with E-state index in [1.54, 1.807) is 6.92 Å². The van der Waals surface area contributed by atoms with Gasteiger partial charge in [-0.15, -0.1) is 0 Å². The molecule has 0 unspecified atom stereocenters. The van der Waals surface area contributed by atoms with Gasteiger partial charge < -0.3 is 5.73 Å². The molecule has 0 spiro atoms. The first-order chi connectivity index (χ1) is 7.00. The predicted molar refractivity (Wildman–Crippen MR) is 56.6 cm³/mol. The third-order valence-corrected chi connectivity index (χ3v) is 1.73. The van der Waals surface area contributed by atoms with Gasteiger partial charge in [0.2, 0.25) is 6.43 Å². The van der Waals surface area contributed by atoms with Crippen molar-refractivity contribution in [2.75, 3.05) is 5.73 Å². The Morgan fingerprint density at radius 2 is 1.80 bits per heavy atom. The van der Waals surface area contributed by atoms with E-state index in [9.17, 15) is 13.2 Å². The highest BCUT2D eigenvalue weighted by molar-refractivity contribution is 5.50. The van der Waals surface area contributed by atoms with E-state index in [1.165, 1.54) is 12.1 Å². The molecular formula is C11H16F3N. The fourth-order valence-corrected chi connectivity index (χ4v) is 1.17. The summed E-state index contributed by atoms with van der Waals surface area (Å²) < 4.78 is 37.0. The third-order valence-electron chi connectivity index (χ3n) is 1.73. The molecule has 0 aliphatic rings. The number of hydrogen-bond acceptors (Lipinski definition) is 1. The average molecular weight is 219 g/mol. The third kappa shape index (κ3) is 4.23. The summed E-state index contributed by atoms with van der Waals surface area (Å²) in [5, 5.41) is 0. The van der Waals surface area contributed by atoms with Gasteiger partial charge in [-0.1, -0.05) is 13.8 Å². The topological polar surface area (TPSA) is 26.0 Å². The van der Waals surface area contributed by atoms with Crippen molar-refractivity contribution in [3.05, 3.63) is 29.1 Å². The lowest BCUT2D eigenvalue weighted by atomic mass is 10.1. The van der Waals surface area contributed by atoms with Gasteiger partial charge in [0.05, 0.1) is 0 Å². The van der Waals surface area contributed by atoms with Gasteiger partial charge in [-0.3, -0.25) is 0 Å². The summed E-state index contributed by atoms with van der Waals surface area (Å²) in [6.45, 7) is 5.66. The van der Waals surface area contributed by atoms with Crippen molar-refractivity contribution in [1.82, 2.24) is 0 Å². The van der Waals surface area contributed by atoms with Gasteiger partial charge in [-0.05, 0) is 24.6 Å². The fourth-order valence-electron chi connectivity index (χ4n) is 1.17. The molecule has 0 heterocycles. The Bertz CT molecular complexity index is 288. The Labute approximate surface area is 88.1 Å². The summed E-state index contributed by atoms with van der Waals surface area (Å²) in [7, 11) is 0. The molecule has 0 aliphatic carbocycles. The quantitative estimate of drug-likeness (QED) is 0.756. The highest BCUT2D eigenvalue weighted by atomic mass is 19.3. The molecular weight excluding hydrogens is 203 g/mol. The van der Waals surface area contributed by atoms with Gasteiger partial charge in [0, 0.05) is 17.7 Å². The minimum Gasteiger partial charge on any atom is -0.398 e. The first kappa shape index (κ1) is 13.8. The molecule has 0 fully saturated rings. The van der Waals surface area contributed by atoms with Gasteiger partial charge in [-0.25, -0.2) is 13.2 Å². The molecule has 2 N–H and O–H groups in total. The van der Waals surface area contributed by atoms with Gasteiger partial charge in [0.15, 0.2) is 0 Å². The highest BCUT2D eigenvalue weighted by Gasteiger charge is 2.12. The van der Waals surface area contributed by atoms with E-state index < -0.39 is 18.7 Å². The normalized spacial score (nSPS) is 9.80. The molecule has 15 heavy (non-hydrogen) atoms. The lowest BCUT2D eigenvalue weighted by Gasteiger charge is -2.07. The van der Waals surface area contributed by atoms with Crippen LogP contribution < -0.4 is 5.73 Å². The molecule has 1 rings (SSSR count). The molecule has 0 atom stereocenters. The zero-order valence-electron chi connectivity index (χ0n) is 9.15. The molecule has 0 radical (unpaired) electrons. The lowest BCUT2D eigenvalue weighted by molar-refractivity contribution is 0.148. The Morgan fingerprint density at radius 3 is 2.20 bits per heavy atom. The smallest absolute Gasteiger partial charge is 0.242 e. The van der Waals surface area contributed by atoms with E-state index in [-0.39, 0.29) is 11.3 Å². The van der Waals surface area contributed by atoms with Gasteiger partial charge in [-0.2, -0.15) is 0 Å². The van der Waals surface area contributed by atoms with Crippen LogP contribution in [0.15, 0.2) is 12.1 Å². The number of alkyl halides is 2. The van der Waals surface area contributed by atoms with Gasteiger partial charge >= 0.3 is 0 Å². The predicted octanol–water partition coefficient (Wildman–Crippen LogP) is 3.55. The standard InChI is InChI=1S/C9H10F3N.C2H6/c1-5-2-7(10)6(4-9(11)12)8(13)3-5;1-2/h2-3,9H,4,13H2,1H3;1-2H3. The van der Waals surface area contributed by atoms with Crippen LogP contribution in [0.2, 0.25) is 0 Å². The summed E-state index contributed by atoms with van der Waals surface area (Å²) >= 11 is 0. The van der Waals surface area contributed by atoms with Crippen molar-refractivity contribution in [2.45, 2.75) is 33.6 Å². The van der Waals surface area contributed by atoms with E-state index in [1.807, 2.05) is 13.8 Å². The second-order valence-electron chi connectivity index (χ2n) is 2.91. The highest BCUT2D eigenvalue weighted by Crippen LogP contribution is 2.21. The summed E-state index contributed by atoms with van der Waals surface area (Å²) in [6, 6.07) is 2.69. The van der Waals surface area contributed by atoms with E-state index in [0.29, 0.717) is 5.56 Å². The number of hydrogen-bond donors (Lipinski definition) is 1. The average Bonchev–Trinajstić information content (AvgIpc) is 2.14. The van der Waals surface area contributed by atoms with Crippen molar-refractivity contribution < 1.29 is 13.2 Å². The van der Waals surface area contributed by atoms with Gasteiger partial charge in [0.25, 0.3) is 0 Å². The molecule has 4 heteroatoms. The number of nitrogen functional groups attached to an aromatic ring is 1. The Kier molecular flexibility index (Phi) is 5.82. The minimum absolute atomic E-state index is 0.0952. The molecule has 1 aromatic rings. The lowest BCUT2D eigenvalue weighted by Crippen LogP contribution is -2.04.